The van der Waals surface area contributed by atoms with E-state index < -0.39 is 11.7 Å². The van der Waals surface area contributed by atoms with Gasteiger partial charge in [0.1, 0.15) is 11.4 Å². The molecule has 0 heterocycles. The third kappa shape index (κ3) is 10.2. The summed E-state index contributed by atoms with van der Waals surface area (Å²) >= 11 is 0. The number of benzene rings is 2. The van der Waals surface area contributed by atoms with Crippen LogP contribution in [0.4, 0.5) is 16.2 Å². The number of hydrogen-bond donors (Lipinski definition) is 4. The van der Waals surface area contributed by atoms with Crippen LogP contribution in [0.1, 0.15) is 31.9 Å². The number of ether oxygens (including phenoxy) is 1. The maximum atomic E-state index is 11.5. The predicted molar refractivity (Wildman–Crippen MR) is 115 cm³/mol. The minimum Gasteiger partial charge on any atom is -0.444 e. The van der Waals surface area contributed by atoms with E-state index in [-0.39, 0.29) is 5.84 Å². The summed E-state index contributed by atoms with van der Waals surface area (Å²) in [6.45, 7) is 12.4. The molecule has 0 aromatic heterocycles. The van der Waals surface area contributed by atoms with Gasteiger partial charge < -0.3 is 26.3 Å². The lowest BCUT2D eigenvalue weighted by atomic mass is 10.1. The van der Waals surface area contributed by atoms with Crippen LogP contribution >= 0.6 is 0 Å². The van der Waals surface area contributed by atoms with Crippen molar-refractivity contribution in [3.63, 3.8) is 0 Å². The first-order chi connectivity index (χ1) is 13.6. The number of carbonyl (C=O) groups excluding carboxylic acids is 1. The first kappa shape index (κ1) is 23.3. The lowest BCUT2D eigenvalue weighted by Crippen LogP contribution is -2.27. The molecule has 6 N–H and O–H groups in total. The zero-order chi connectivity index (χ0) is 21.9. The molecule has 0 radical (unpaired) electrons. The molecule has 0 aliphatic carbocycles. The zero-order valence-corrected chi connectivity index (χ0v) is 16.8. The van der Waals surface area contributed by atoms with Crippen molar-refractivity contribution in [3.05, 3.63) is 71.1 Å². The maximum absolute atomic E-state index is 11.5. The number of amides is 1. The number of anilines is 2. The van der Waals surface area contributed by atoms with Gasteiger partial charge in [0.05, 0.1) is 0 Å². The minimum absolute atomic E-state index is 0.132. The second kappa shape index (κ2) is 11.2. The van der Waals surface area contributed by atoms with Gasteiger partial charge in [-0.2, -0.15) is 0 Å². The number of carbonyl (C=O) groups is 1. The number of amidine groups is 1. The van der Waals surface area contributed by atoms with E-state index in [0.29, 0.717) is 18.7 Å². The molecule has 154 valence electrons. The number of rotatable bonds is 4. The van der Waals surface area contributed by atoms with Crippen LogP contribution in [0.5, 0.6) is 0 Å². The molecule has 0 atom stereocenters. The lowest BCUT2D eigenvalue weighted by molar-refractivity contribution is 0.0636. The third-order valence-corrected chi connectivity index (χ3v) is 3.35. The average molecular weight is 397 g/mol. The highest BCUT2D eigenvalue weighted by molar-refractivity contribution is 5.85. The molecular formula is C21H27N5O3. The zero-order valence-electron chi connectivity index (χ0n) is 16.8. The summed E-state index contributed by atoms with van der Waals surface area (Å²) < 4.78 is 5.13. The largest absolute Gasteiger partial charge is 0.444 e. The van der Waals surface area contributed by atoms with Crippen molar-refractivity contribution < 1.29 is 14.7 Å². The Balaban J connectivity index is 0.000000352. The minimum atomic E-state index is -0.532. The van der Waals surface area contributed by atoms with Gasteiger partial charge in [0.25, 0.3) is 0 Å². The number of nitrogens with one attached hydrogen (secondary N) is 1. The van der Waals surface area contributed by atoms with Gasteiger partial charge in [0, 0.05) is 23.4 Å². The molecule has 8 nitrogen and oxygen atoms in total. The standard InChI is InChI=1S/C13H19N3O3.C8H8N2/c1-13(2,3)19-12(17)15-10-6-4-9(5-7-10)8-11(14)16-18;1-10-6-7-2-4-8(9)5-3-7/h4-7,18H,8H2,1-3H3,(H2,14,16)(H,15,17);2-5H,6,9H2. The van der Waals surface area contributed by atoms with E-state index in [1.165, 1.54) is 0 Å². The van der Waals surface area contributed by atoms with E-state index in [1.54, 1.807) is 57.2 Å². The monoisotopic (exact) mass is 397 g/mol. The molecule has 0 aliphatic heterocycles. The van der Waals surface area contributed by atoms with Crippen molar-refractivity contribution in [1.82, 2.24) is 0 Å². The van der Waals surface area contributed by atoms with Crippen molar-refractivity contribution in [3.8, 4) is 0 Å². The van der Waals surface area contributed by atoms with Crippen molar-refractivity contribution in [1.29, 1.82) is 0 Å². The molecule has 0 aliphatic rings. The van der Waals surface area contributed by atoms with E-state index in [2.05, 4.69) is 15.3 Å². The Hall–Kier alpha value is -3.73. The van der Waals surface area contributed by atoms with Gasteiger partial charge in [0.15, 0.2) is 0 Å². The van der Waals surface area contributed by atoms with Crippen LogP contribution in [-0.2, 0) is 17.7 Å². The fourth-order valence-corrected chi connectivity index (χ4v) is 2.09. The number of nitrogen functional groups attached to an aromatic ring is 1. The Kier molecular flexibility index (Phi) is 8.99. The van der Waals surface area contributed by atoms with Crippen molar-refractivity contribution >= 4 is 23.3 Å². The molecule has 1 amide bonds. The molecular weight excluding hydrogens is 370 g/mol. The van der Waals surface area contributed by atoms with E-state index in [4.69, 9.17) is 28.0 Å². The summed E-state index contributed by atoms with van der Waals surface area (Å²) in [5, 5.41) is 14.0. The van der Waals surface area contributed by atoms with Gasteiger partial charge in [-0.15, -0.1) is 0 Å². The summed E-state index contributed by atoms with van der Waals surface area (Å²) in [5.41, 5.74) is 13.6. The average Bonchev–Trinajstić information content (AvgIpc) is 2.64. The molecule has 0 spiro atoms. The molecule has 2 rings (SSSR count). The van der Waals surface area contributed by atoms with Crippen LogP contribution < -0.4 is 16.8 Å². The number of oxime groups is 1. The molecule has 2 aromatic rings. The van der Waals surface area contributed by atoms with Crippen molar-refractivity contribution in [2.45, 2.75) is 39.3 Å². The molecule has 0 bridgehead atoms. The molecule has 0 saturated carbocycles. The number of nitrogens with two attached hydrogens (primary N) is 2. The van der Waals surface area contributed by atoms with Crippen LogP contribution in [0.25, 0.3) is 4.85 Å². The van der Waals surface area contributed by atoms with Crippen LogP contribution in [0.2, 0.25) is 0 Å². The Labute approximate surface area is 171 Å². The summed E-state index contributed by atoms with van der Waals surface area (Å²) in [7, 11) is 0. The first-order valence-corrected chi connectivity index (χ1v) is 8.86. The van der Waals surface area contributed by atoms with Crippen molar-refractivity contribution in [2.24, 2.45) is 10.9 Å². The van der Waals surface area contributed by atoms with E-state index in [1.807, 2.05) is 12.1 Å². The highest BCUT2D eigenvalue weighted by Gasteiger charge is 2.16. The fourth-order valence-electron chi connectivity index (χ4n) is 2.09. The van der Waals surface area contributed by atoms with E-state index in [0.717, 1.165) is 16.8 Å². The van der Waals surface area contributed by atoms with Gasteiger partial charge in [-0.3, -0.25) is 5.32 Å². The quantitative estimate of drug-likeness (QED) is 0.155. The highest BCUT2D eigenvalue weighted by atomic mass is 16.6. The molecule has 8 heteroatoms. The SMILES string of the molecule is CC(C)(C)OC(=O)Nc1ccc(CC(N)=NO)cc1.[C-]#[N+]Cc1ccc(N)cc1. The van der Waals surface area contributed by atoms with Crippen LogP contribution in [0, 0.1) is 6.57 Å². The second-order valence-electron chi connectivity index (χ2n) is 7.15. The first-order valence-electron chi connectivity index (χ1n) is 8.86. The number of hydrogen-bond acceptors (Lipinski definition) is 5. The van der Waals surface area contributed by atoms with Crippen molar-refractivity contribution in [2.75, 3.05) is 11.1 Å². The normalized spacial score (nSPS) is 10.9. The van der Waals surface area contributed by atoms with Gasteiger partial charge in [0.2, 0.25) is 6.54 Å². The van der Waals surface area contributed by atoms with Gasteiger partial charge >= 0.3 is 6.09 Å². The van der Waals surface area contributed by atoms with Crippen LogP contribution in [0.3, 0.4) is 0 Å². The molecule has 2 aromatic carbocycles. The second-order valence-corrected chi connectivity index (χ2v) is 7.15. The predicted octanol–water partition coefficient (Wildman–Crippen LogP) is 4.01. The Bertz CT molecular complexity index is 848. The van der Waals surface area contributed by atoms with Crippen LogP contribution in [-0.4, -0.2) is 22.7 Å². The van der Waals surface area contributed by atoms with Gasteiger partial charge in [-0.05, 0) is 62.7 Å². The van der Waals surface area contributed by atoms with E-state index >= 15 is 0 Å². The molecule has 29 heavy (non-hydrogen) atoms. The van der Waals surface area contributed by atoms with Gasteiger partial charge in [-0.1, -0.05) is 17.3 Å². The summed E-state index contributed by atoms with van der Waals surface area (Å²) in [6, 6.07) is 14.4. The maximum Gasteiger partial charge on any atom is 0.412 e. The smallest absolute Gasteiger partial charge is 0.412 e. The summed E-state index contributed by atoms with van der Waals surface area (Å²) in [5.74, 6) is 0.132. The Morgan fingerprint density at radius 1 is 1.14 bits per heavy atom. The Morgan fingerprint density at radius 2 is 1.69 bits per heavy atom. The van der Waals surface area contributed by atoms with E-state index in [9.17, 15) is 4.79 Å². The third-order valence-electron chi connectivity index (χ3n) is 3.35. The fraction of sp³-hybridized carbons (Fsp3) is 0.286. The van der Waals surface area contributed by atoms with Gasteiger partial charge in [-0.25, -0.2) is 11.4 Å². The number of nitrogens with zero attached hydrogens (tertiary/aromatic N) is 2. The molecule has 0 unspecified atom stereocenters. The topological polar surface area (TPSA) is 127 Å². The highest BCUT2D eigenvalue weighted by Crippen LogP contribution is 2.13. The molecule has 0 saturated heterocycles. The summed E-state index contributed by atoms with van der Waals surface area (Å²) in [4.78, 5) is 14.8. The summed E-state index contributed by atoms with van der Waals surface area (Å²) in [6.07, 6.45) is -0.153. The van der Waals surface area contributed by atoms with Crippen LogP contribution in [0.15, 0.2) is 53.7 Å². The molecule has 0 fully saturated rings. The lowest BCUT2D eigenvalue weighted by Gasteiger charge is -2.19. The Morgan fingerprint density at radius 3 is 2.17 bits per heavy atom.